The molecular weight excluding hydrogens is 348 g/mol. The molecule has 1 amide bonds. The van der Waals surface area contributed by atoms with Crippen molar-refractivity contribution in [2.24, 2.45) is 0 Å². The first-order chi connectivity index (χ1) is 12.4. The Balaban J connectivity index is 2.01. The van der Waals surface area contributed by atoms with E-state index in [-0.39, 0.29) is 12.5 Å². The molecule has 0 bridgehead atoms. The Morgan fingerprint density at radius 1 is 1.35 bits per heavy atom. The van der Waals surface area contributed by atoms with E-state index in [1.165, 1.54) is 29.6 Å². The molecule has 0 aliphatic carbocycles. The zero-order valence-electron chi connectivity index (χ0n) is 15.9. The van der Waals surface area contributed by atoms with Crippen LogP contribution in [0.4, 0.5) is 0 Å². The van der Waals surface area contributed by atoms with E-state index in [1.807, 2.05) is 11.4 Å². The van der Waals surface area contributed by atoms with Crippen molar-refractivity contribution in [1.82, 2.24) is 9.88 Å². The summed E-state index contributed by atoms with van der Waals surface area (Å²) in [5.41, 5.74) is 4.39. The highest BCUT2D eigenvalue weighted by Crippen LogP contribution is 2.24. The molecule has 0 fully saturated rings. The van der Waals surface area contributed by atoms with Crippen molar-refractivity contribution < 1.29 is 14.3 Å². The molecule has 0 saturated carbocycles. The zero-order chi connectivity index (χ0) is 19.1. The van der Waals surface area contributed by atoms with Crippen molar-refractivity contribution in [3.8, 4) is 5.75 Å². The molecule has 0 spiro atoms. The normalized spacial score (nSPS) is 10.6. The highest BCUT2D eigenvalue weighted by molar-refractivity contribution is 7.09. The van der Waals surface area contributed by atoms with Crippen molar-refractivity contribution in [1.29, 1.82) is 0 Å². The molecule has 26 heavy (non-hydrogen) atoms. The van der Waals surface area contributed by atoms with Crippen molar-refractivity contribution in [3.63, 3.8) is 0 Å². The molecule has 2 rings (SSSR count). The number of aryl methyl sites for hydroxylation is 2. The number of methoxy groups -OCH3 is 1. The van der Waals surface area contributed by atoms with E-state index in [1.54, 1.807) is 11.0 Å². The topological polar surface area (TPSA) is 51.7 Å². The lowest BCUT2D eigenvalue weighted by molar-refractivity contribution is -0.135. The zero-order valence-corrected chi connectivity index (χ0v) is 16.7. The van der Waals surface area contributed by atoms with Crippen LogP contribution in [0, 0.1) is 20.8 Å². The summed E-state index contributed by atoms with van der Waals surface area (Å²) in [5, 5.41) is 2.85. The molecule has 0 aliphatic rings. The summed E-state index contributed by atoms with van der Waals surface area (Å²) in [5.74, 6) is 0.812. The lowest BCUT2D eigenvalue weighted by atomic mass is 10.1. The fourth-order valence-electron chi connectivity index (χ4n) is 2.60. The monoisotopic (exact) mass is 374 g/mol. The molecule has 1 aromatic heterocycles. The van der Waals surface area contributed by atoms with Gasteiger partial charge in [-0.1, -0.05) is 12.1 Å². The molecule has 1 aromatic carbocycles. The van der Waals surface area contributed by atoms with Gasteiger partial charge in [-0.15, -0.1) is 17.9 Å². The number of ether oxygens (including phenoxy) is 2. The number of carbonyl (C=O) groups excluding carboxylic acids is 1. The van der Waals surface area contributed by atoms with Gasteiger partial charge in [0.25, 0.3) is 0 Å². The minimum absolute atomic E-state index is 0.0555. The average molecular weight is 375 g/mol. The summed E-state index contributed by atoms with van der Waals surface area (Å²) in [6.07, 6.45) is 1.70. The molecule has 6 heteroatoms. The average Bonchev–Trinajstić information content (AvgIpc) is 3.04. The van der Waals surface area contributed by atoms with Crippen LogP contribution in [0.15, 0.2) is 30.2 Å². The number of hydrogen-bond acceptors (Lipinski definition) is 5. The molecule has 0 N–H and O–H groups in total. The number of carbonyl (C=O) groups is 1. The number of thiazole rings is 1. The first kappa shape index (κ1) is 20.1. The van der Waals surface area contributed by atoms with E-state index in [0.717, 1.165) is 22.0 Å². The second kappa shape index (κ2) is 9.50. The number of hydrogen-bond donors (Lipinski definition) is 0. The quantitative estimate of drug-likeness (QED) is 0.626. The van der Waals surface area contributed by atoms with Crippen LogP contribution in [0.2, 0.25) is 0 Å². The van der Waals surface area contributed by atoms with E-state index >= 15 is 0 Å². The van der Waals surface area contributed by atoms with Crippen LogP contribution in [0.3, 0.4) is 0 Å². The molecule has 0 aliphatic heterocycles. The third-order valence-electron chi connectivity index (χ3n) is 4.04. The van der Waals surface area contributed by atoms with Gasteiger partial charge in [-0.25, -0.2) is 4.98 Å². The standard InChI is InChI=1S/C20H26N2O3S/c1-6-7-22(20(23)12-24-5)10-17-13-26-19(21-17)11-25-18-9-14(2)8-15(3)16(18)4/h6,8-9,13H,1,7,10-12H2,2-5H3. The molecule has 140 valence electrons. The predicted octanol–water partition coefficient (Wildman–Crippen LogP) is 3.81. The number of rotatable bonds is 9. The molecule has 0 radical (unpaired) electrons. The largest absolute Gasteiger partial charge is 0.486 e. The van der Waals surface area contributed by atoms with E-state index in [2.05, 4.69) is 38.4 Å². The fourth-order valence-corrected chi connectivity index (χ4v) is 3.29. The SMILES string of the molecule is C=CCN(Cc1csc(COc2cc(C)cc(C)c2C)n1)C(=O)COC. The van der Waals surface area contributed by atoms with Gasteiger partial charge in [0, 0.05) is 19.0 Å². The van der Waals surface area contributed by atoms with Gasteiger partial charge in [0.2, 0.25) is 5.91 Å². The molecule has 0 atom stereocenters. The number of amides is 1. The molecule has 5 nitrogen and oxygen atoms in total. The van der Waals surface area contributed by atoms with Gasteiger partial charge in [0.15, 0.2) is 0 Å². The van der Waals surface area contributed by atoms with Crippen LogP contribution in [-0.2, 0) is 22.7 Å². The highest BCUT2D eigenvalue weighted by atomic mass is 32.1. The number of aromatic nitrogens is 1. The minimum atomic E-state index is -0.0796. The summed E-state index contributed by atoms with van der Waals surface area (Å²) in [6.45, 7) is 11.3. The van der Waals surface area contributed by atoms with E-state index in [9.17, 15) is 4.79 Å². The van der Waals surface area contributed by atoms with Crippen LogP contribution in [0.5, 0.6) is 5.75 Å². The van der Waals surface area contributed by atoms with Gasteiger partial charge in [0.1, 0.15) is 24.0 Å². The Bertz CT molecular complexity index is 770. The smallest absolute Gasteiger partial charge is 0.249 e. The van der Waals surface area contributed by atoms with Crippen LogP contribution in [0.1, 0.15) is 27.4 Å². The second-order valence-electron chi connectivity index (χ2n) is 6.22. The molecule has 0 saturated heterocycles. The fraction of sp³-hybridized carbons (Fsp3) is 0.400. The first-order valence-electron chi connectivity index (χ1n) is 8.46. The third-order valence-corrected chi connectivity index (χ3v) is 4.91. The van der Waals surface area contributed by atoms with Gasteiger partial charge in [-0.3, -0.25) is 4.79 Å². The van der Waals surface area contributed by atoms with Crippen LogP contribution < -0.4 is 4.74 Å². The summed E-state index contributed by atoms with van der Waals surface area (Å²) < 4.78 is 10.9. The molecule has 0 unspecified atom stereocenters. The van der Waals surface area contributed by atoms with E-state index in [4.69, 9.17) is 9.47 Å². The minimum Gasteiger partial charge on any atom is -0.486 e. The second-order valence-corrected chi connectivity index (χ2v) is 7.16. The van der Waals surface area contributed by atoms with Crippen LogP contribution in [-0.4, -0.2) is 36.1 Å². The Hall–Kier alpha value is -2.18. The maximum atomic E-state index is 12.1. The number of benzene rings is 1. The van der Waals surface area contributed by atoms with Gasteiger partial charge in [-0.05, 0) is 43.5 Å². The Labute approximate surface area is 159 Å². The van der Waals surface area contributed by atoms with Gasteiger partial charge >= 0.3 is 0 Å². The lowest BCUT2D eigenvalue weighted by Crippen LogP contribution is -2.33. The summed E-state index contributed by atoms with van der Waals surface area (Å²) in [4.78, 5) is 18.3. The van der Waals surface area contributed by atoms with Crippen LogP contribution >= 0.6 is 11.3 Å². The van der Waals surface area contributed by atoms with E-state index in [0.29, 0.717) is 19.7 Å². The van der Waals surface area contributed by atoms with Gasteiger partial charge in [-0.2, -0.15) is 0 Å². The lowest BCUT2D eigenvalue weighted by Gasteiger charge is -2.19. The molecule has 2 aromatic rings. The maximum Gasteiger partial charge on any atom is 0.249 e. The maximum absolute atomic E-state index is 12.1. The third kappa shape index (κ3) is 5.41. The Kier molecular flexibility index (Phi) is 7.36. The summed E-state index contributed by atoms with van der Waals surface area (Å²) in [6, 6.07) is 4.20. The Morgan fingerprint density at radius 2 is 2.12 bits per heavy atom. The summed E-state index contributed by atoms with van der Waals surface area (Å²) >= 11 is 1.54. The number of nitrogens with zero attached hydrogens (tertiary/aromatic N) is 2. The highest BCUT2D eigenvalue weighted by Gasteiger charge is 2.14. The van der Waals surface area contributed by atoms with Crippen molar-refractivity contribution in [2.45, 2.75) is 33.9 Å². The van der Waals surface area contributed by atoms with Crippen molar-refractivity contribution >= 4 is 17.2 Å². The first-order valence-corrected chi connectivity index (χ1v) is 9.34. The van der Waals surface area contributed by atoms with Gasteiger partial charge in [0.05, 0.1) is 12.2 Å². The molecular formula is C20H26N2O3S. The summed E-state index contributed by atoms with van der Waals surface area (Å²) in [7, 11) is 1.51. The van der Waals surface area contributed by atoms with Crippen molar-refractivity contribution in [2.75, 3.05) is 20.3 Å². The van der Waals surface area contributed by atoms with Crippen LogP contribution in [0.25, 0.3) is 0 Å². The predicted molar refractivity (Wildman–Crippen MR) is 105 cm³/mol. The van der Waals surface area contributed by atoms with Gasteiger partial charge < -0.3 is 14.4 Å². The van der Waals surface area contributed by atoms with Crippen molar-refractivity contribution in [3.05, 3.63) is 57.6 Å². The van der Waals surface area contributed by atoms with E-state index < -0.39 is 0 Å². The Morgan fingerprint density at radius 3 is 2.81 bits per heavy atom. The molecule has 1 heterocycles.